The van der Waals surface area contributed by atoms with Crippen molar-refractivity contribution in [3.05, 3.63) is 66.1 Å². The number of fused-ring (bicyclic) bond motifs is 1. The normalized spacial score (nSPS) is 11.5. The van der Waals surface area contributed by atoms with Crippen molar-refractivity contribution in [1.29, 1.82) is 0 Å². The van der Waals surface area contributed by atoms with Crippen LogP contribution in [0.4, 0.5) is 10.1 Å². The van der Waals surface area contributed by atoms with E-state index in [1.165, 1.54) is 12.1 Å². The van der Waals surface area contributed by atoms with E-state index in [0.717, 1.165) is 39.2 Å². The minimum atomic E-state index is -3.68. The van der Waals surface area contributed by atoms with Crippen LogP contribution in [0.3, 0.4) is 0 Å². The lowest BCUT2D eigenvalue weighted by molar-refractivity contribution is -0.119. The Bertz CT molecular complexity index is 1050. The van der Waals surface area contributed by atoms with Gasteiger partial charge in [-0.1, -0.05) is 18.2 Å². The summed E-state index contributed by atoms with van der Waals surface area (Å²) in [5.41, 5.74) is 2.34. The summed E-state index contributed by atoms with van der Waals surface area (Å²) in [5.74, 6) is -0.903. The highest BCUT2D eigenvalue weighted by atomic mass is 32.2. The van der Waals surface area contributed by atoms with Gasteiger partial charge in [-0.15, -0.1) is 0 Å². The Balaban J connectivity index is 1.62. The van der Waals surface area contributed by atoms with Crippen molar-refractivity contribution >= 4 is 32.5 Å². The quantitative estimate of drug-likeness (QED) is 0.651. The maximum Gasteiger partial charge on any atom is 0.240 e. The SMILES string of the molecule is CS(=O)(=O)N(CC(=O)NCCc1c[nH]c2ccccc12)c1ccc(F)cc1. The molecule has 0 atom stereocenters. The number of nitrogens with one attached hydrogen (secondary N) is 2. The molecule has 0 saturated heterocycles. The number of benzene rings is 2. The topological polar surface area (TPSA) is 82.3 Å². The zero-order valence-electron chi connectivity index (χ0n) is 14.8. The van der Waals surface area contributed by atoms with E-state index in [1.807, 2.05) is 30.5 Å². The molecule has 0 radical (unpaired) electrons. The van der Waals surface area contributed by atoms with Crippen LogP contribution in [0.25, 0.3) is 10.9 Å². The van der Waals surface area contributed by atoms with Crippen molar-refractivity contribution in [3.63, 3.8) is 0 Å². The van der Waals surface area contributed by atoms with Gasteiger partial charge in [-0.25, -0.2) is 12.8 Å². The fraction of sp³-hybridized carbons (Fsp3) is 0.211. The monoisotopic (exact) mass is 389 g/mol. The number of H-pyrrole nitrogens is 1. The Morgan fingerprint density at radius 1 is 1.15 bits per heavy atom. The number of rotatable bonds is 7. The van der Waals surface area contributed by atoms with E-state index >= 15 is 0 Å². The Kier molecular flexibility index (Phi) is 5.46. The Labute approximate surface area is 157 Å². The highest BCUT2D eigenvalue weighted by molar-refractivity contribution is 7.92. The molecular formula is C19H20FN3O3S. The molecule has 0 bridgehead atoms. The fourth-order valence-corrected chi connectivity index (χ4v) is 3.73. The van der Waals surface area contributed by atoms with Crippen LogP contribution in [0, 0.1) is 5.82 Å². The molecule has 27 heavy (non-hydrogen) atoms. The van der Waals surface area contributed by atoms with Crippen LogP contribution in [0.15, 0.2) is 54.7 Å². The molecule has 0 aliphatic carbocycles. The van der Waals surface area contributed by atoms with Crippen molar-refractivity contribution < 1.29 is 17.6 Å². The van der Waals surface area contributed by atoms with Gasteiger partial charge < -0.3 is 10.3 Å². The number of hydrogen-bond donors (Lipinski definition) is 2. The second-order valence-electron chi connectivity index (χ2n) is 6.21. The van der Waals surface area contributed by atoms with Crippen molar-refractivity contribution in [2.24, 2.45) is 0 Å². The first-order chi connectivity index (χ1) is 12.8. The van der Waals surface area contributed by atoms with E-state index in [4.69, 9.17) is 0 Å². The summed E-state index contributed by atoms with van der Waals surface area (Å²) in [4.78, 5) is 15.4. The van der Waals surface area contributed by atoms with E-state index in [0.29, 0.717) is 13.0 Å². The van der Waals surface area contributed by atoms with E-state index in [1.54, 1.807) is 0 Å². The lowest BCUT2D eigenvalue weighted by Gasteiger charge is -2.21. The van der Waals surface area contributed by atoms with E-state index in [9.17, 15) is 17.6 Å². The molecule has 0 spiro atoms. The number of nitrogens with zero attached hydrogens (tertiary/aromatic N) is 1. The third-order valence-corrected chi connectivity index (χ3v) is 5.33. The molecule has 2 aromatic carbocycles. The number of anilines is 1. The minimum absolute atomic E-state index is 0.241. The third-order valence-electron chi connectivity index (χ3n) is 4.19. The summed E-state index contributed by atoms with van der Waals surface area (Å²) < 4.78 is 38.0. The maximum atomic E-state index is 13.1. The Morgan fingerprint density at radius 3 is 2.56 bits per heavy atom. The second-order valence-corrected chi connectivity index (χ2v) is 8.11. The third kappa shape index (κ3) is 4.65. The number of amides is 1. The first-order valence-electron chi connectivity index (χ1n) is 8.39. The van der Waals surface area contributed by atoms with Gasteiger partial charge in [0.05, 0.1) is 11.9 Å². The molecule has 0 aliphatic rings. The van der Waals surface area contributed by atoms with Gasteiger partial charge in [-0.2, -0.15) is 0 Å². The Hall–Kier alpha value is -2.87. The second kappa shape index (κ2) is 7.79. The summed E-state index contributed by atoms with van der Waals surface area (Å²) in [7, 11) is -3.68. The van der Waals surface area contributed by atoms with Crippen LogP contribution in [0.1, 0.15) is 5.56 Å². The standard InChI is InChI=1S/C19H20FN3O3S/c1-27(25,26)23(16-8-6-15(20)7-9-16)13-19(24)21-11-10-14-12-22-18-5-3-2-4-17(14)18/h2-9,12,22H,10-11,13H2,1H3,(H,21,24). The molecular weight excluding hydrogens is 369 g/mol. The molecule has 3 rings (SSSR count). The number of aromatic nitrogens is 1. The maximum absolute atomic E-state index is 13.1. The van der Waals surface area contributed by atoms with Gasteiger partial charge in [0.2, 0.25) is 15.9 Å². The molecule has 1 amide bonds. The van der Waals surface area contributed by atoms with Gasteiger partial charge in [0, 0.05) is 23.6 Å². The zero-order valence-corrected chi connectivity index (χ0v) is 15.6. The summed E-state index contributed by atoms with van der Waals surface area (Å²) >= 11 is 0. The lowest BCUT2D eigenvalue weighted by atomic mass is 10.1. The largest absolute Gasteiger partial charge is 0.361 e. The summed E-state index contributed by atoms with van der Waals surface area (Å²) in [6.45, 7) is 0.0139. The number of para-hydroxylation sites is 1. The highest BCUT2D eigenvalue weighted by Gasteiger charge is 2.20. The Morgan fingerprint density at radius 2 is 1.85 bits per heavy atom. The number of sulfonamides is 1. The van der Waals surface area contributed by atoms with Crippen LogP contribution in [-0.4, -0.2) is 38.7 Å². The fourth-order valence-electron chi connectivity index (χ4n) is 2.87. The predicted molar refractivity (Wildman–Crippen MR) is 104 cm³/mol. The molecule has 1 aromatic heterocycles. The first-order valence-corrected chi connectivity index (χ1v) is 10.2. The molecule has 0 unspecified atom stereocenters. The van der Waals surface area contributed by atoms with Crippen molar-refractivity contribution in [1.82, 2.24) is 10.3 Å². The number of halogens is 1. The van der Waals surface area contributed by atoms with Gasteiger partial charge in [-0.05, 0) is 42.3 Å². The summed E-state index contributed by atoms with van der Waals surface area (Å²) in [5, 5.41) is 3.83. The van der Waals surface area contributed by atoms with Crippen LogP contribution >= 0.6 is 0 Å². The average Bonchev–Trinajstić information content (AvgIpc) is 3.03. The lowest BCUT2D eigenvalue weighted by Crippen LogP contribution is -2.40. The van der Waals surface area contributed by atoms with E-state index < -0.39 is 21.7 Å². The van der Waals surface area contributed by atoms with Crippen molar-refractivity contribution in [2.75, 3.05) is 23.7 Å². The molecule has 0 fully saturated rings. The summed E-state index contributed by atoms with van der Waals surface area (Å²) in [6.07, 6.45) is 3.53. The predicted octanol–water partition coefficient (Wildman–Crippen LogP) is 2.43. The average molecular weight is 389 g/mol. The van der Waals surface area contributed by atoms with Crippen molar-refractivity contribution in [3.8, 4) is 0 Å². The first kappa shape index (κ1) is 18.9. The van der Waals surface area contributed by atoms with Crippen molar-refractivity contribution in [2.45, 2.75) is 6.42 Å². The van der Waals surface area contributed by atoms with Crippen LogP contribution in [0.2, 0.25) is 0 Å². The van der Waals surface area contributed by atoms with Gasteiger partial charge in [-0.3, -0.25) is 9.10 Å². The van der Waals surface area contributed by atoms with Crippen LogP contribution in [0.5, 0.6) is 0 Å². The number of carbonyl (C=O) groups excluding carboxylic acids is 1. The minimum Gasteiger partial charge on any atom is -0.361 e. The molecule has 142 valence electrons. The summed E-state index contributed by atoms with van der Waals surface area (Å²) in [6, 6.07) is 12.8. The number of hydrogen-bond acceptors (Lipinski definition) is 3. The molecule has 2 N–H and O–H groups in total. The molecule has 6 nitrogen and oxygen atoms in total. The van der Waals surface area contributed by atoms with E-state index in [2.05, 4.69) is 10.3 Å². The van der Waals surface area contributed by atoms with Gasteiger partial charge >= 0.3 is 0 Å². The molecule has 8 heteroatoms. The molecule has 1 heterocycles. The molecule has 3 aromatic rings. The van der Waals surface area contributed by atoms with Crippen LogP contribution in [-0.2, 0) is 21.2 Å². The highest BCUT2D eigenvalue weighted by Crippen LogP contribution is 2.19. The van der Waals surface area contributed by atoms with E-state index in [-0.39, 0.29) is 12.2 Å². The van der Waals surface area contributed by atoms with Crippen LogP contribution < -0.4 is 9.62 Å². The molecule has 0 aliphatic heterocycles. The smallest absolute Gasteiger partial charge is 0.240 e. The van der Waals surface area contributed by atoms with Gasteiger partial charge in [0.15, 0.2) is 0 Å². The zero-order chi connectivity index (χ0) is 19.4. The molecule has 0 saturated carbocycles. The number of aromatic amines is 1. The van der Waals surface area contributed by atoms with Gasteiger partial charge in [0.1, 0.15) is 12.4 Å². The number of carbonyl (C=O) groups is 1. The van der Waals surface area contributed by atoms with Gasteiger partial charge in [0.25, 0.3) is 0 Å².